The molecule has 0 saturated carbocycles. The number of benzene rings is 2. The Kier molecular flexibility index (Phi) is 4.80. The summed E-state index contributed by atoms with van der Waals surface area (Å²) in [7, 11) is 0. The molecule has 0 aliphatic carbocycles. The third-order valence-electron chi connectivity index (χ3n) is 6.92. The number of piperidine rings is 1. The number of aromatic nitrogens is 3. The molecule has 4 heterocycles. The number of carbonyl (C=O) groups excluding carboxylic acids is 1. The fraction of sp³-hybridized carbons (Fsp3) is 0.222. The maximum absolute atomic E-state index is 12.6. The molecule has 3 N–H and O–H groups in total. The Morgan fingerprint density at radius 2 is 1.58 bits per heavy atom. The van der Waals surface area contributed by atoms with Crippen LogP contribution in [0, 0.1) is 0 Å². The molecule has 2 aromatic heterocycles. The van der Waals surface area contributed by atoms with Crippen molar-refractivity contribution >= 4 is 5.91 Å². The van der Waals surface area contributed by atoms with Crippen LogP contribution in [0.5, 0.6) is 0 Å². The van der Waals surface area contributed by atoms with Crippen molar-refractivity contribution in [2.24, 2.45) is 0 Å². The summed E-state index contributed by atoms with van der Waals surface area (Å²) in [6.07, 6.45) is 3.79. The van der Waals surface area contributed by atoms with Gasteiger partial charge in [0.1, 0.15) is 0 Å². The van der Waals surface area contributed by atoms with E-state index in [0.29, 0.717) is 12.4 Å². The Morgan fingerprint density at radius 3 is 2.36 bits per heavy atom. The van der Waals surface area contributed by atoms with Gasteiger partial charge < -0.3 is 15.6 Å². The van der Waals surface area contributed by atoms with Crippen molar-refractivity contribution in [2.75, 3.05) is 19.6 Å². The smallest absolute Gasteiger partial charge is 0.253 e. The molecule has 0 unspecified atom stereocenters. The first-order chi connectivity index (χ1) is 16.2. The second kappa shape index (κ2) is 7.98. The average Bonchev–Trinajstić information content (AvgIpc) is 3.36. The molecule has 1 amide bonds. The predicted molar refractivity (Wildman–Crippen MR) is 129 cm³/mol. The zero-order valence-electron chi connectivity index (χ0n) is 18.3. The minimum atomic E-state index is -0.0319. The highest BCUT2D eigenvalue weighted by Crippen LogP contribution is 2.39. The highest BCUT2D eigenvalue weighted by atomic mass is 16.1. The summed E-state index contributed by atoms with van der Waals surface area (Å²) in [4.78, 5) is 25.5. The van der Waals surface area contributed by atoms with Gasteiger partial charge in [-0.15, -0.1) is 0 Å². The summed E-state index contributed by atoms with van der Waals surface area (Å²) in [6.45, 7) is 2.60. The highest BCUT2D eigenvalue weighted by molar-refractivity contribution is 5.98. The standard InChI is InChI=1S/C27H25N5O/c33-26-21-16-23(31-24(21)27(17-30-26)11-14-28-15-12-27)22-10-13-29-25(32-22)20-8-6-19(7-9-20)18-4-2-1-3-5-18/h1-10,13,16,28,31H,11-12,14-15,17H2,(H,30,33). The number of nitrogens with zero attached hydrogens (tertiary/aromatic N) is 2. The average molecular weight is 436 g/mol. The third-order valence-corrected chi connectivity index (χ3v) is 6.92. The van der Waals surface area contributed by atoms with E-state index in [2.05, 4.69) is 57.0 Å². The van der Waals surface area contributed by atoms with Crippen LogP contribution in [0.25, 0.3) is 33.9 Å². The maximum atomic E-state index is 12.6. The molecule has 4 aromatic rings. The van der Waals surface area contributed by atoms with Crippen LogP contribution in [0.1, 0.15) is 28.9 Å². The number of hydrogen-bond donors (Lipinski definition) is 3. The van der Waals surface area contributed by atoms with E-state index in [-0.39, 0.29) is 11.3 Å². The van der Waals surface area contributed by atoms with Gasteiger partial charge in [0.25, 0.3) is 5.91 Å². The first-order valence-corrected chi connectivity index (χ1v) is 11.4. The Bertz CT molecular complexity index is 1300. The summed E-state index contributed by atoms with van der Waals surface area (Å²) in [5, 5.41) is 6.53. The van der Waals surface area contributed by atoms with Crippen LogP contribution in [0.4, 0.5) is 0 Å². The molecule has 0 bridgehead atoms. The van der Waals surface area contributed by atoms with Crippen LogP contribution in [0.3, 0.4) is 0 Å². The Labute approximate surface area is 192 Å². The zero-order chi connectivity index (χ0) is 22.3. The van der Waals surface area contributed by atoms with Crippen molar-refractivity contribution in [1.82, 2.24) is 25.6 Å². The van der Waals surface area contributed by atoms with Gasteiger partial charge in [0, 0.05) is 29.4 Å². The molecular formula is C27H25N5O. The maximum Gasteiger partial charge on any atom is 0.253 e. The van der Waals surface area contributed by atoms with Gasteiger partial charge in [-0.25, -0.2) is 9.97 Å². The SMILES string of the molecule is O=C1NCC2(CCNCC2)c2[nH]c(-c3ccnc(-c4ccc(-c5ccccc5)cc4)n3)cc21. The molecule has 0 radical (unpaired) electrons. The summed E-state index contributed by atoms with van der Waals surface area (Å²) in [5.74, 6) is 0.656. The quantitative estimate of drug-likeness (QED) is 0.451. The van der Waals surface area contributed by atoms with Crippen LogP contribution in [-0.2, 0) is 5.41 Å². The first-order valence-electron chi connectivity index (χ1n) is 11.4. The van der Waals surface area contributed by atoms with E-state index in [0.717, 1.165) is 59.7 Å². The molecule has 2 aromatic carbocycles. The lowest BCUT2D eigenvalue weighted by Crippen LogP contribution is -2.51. The fourth-order valence-electron chi connectivity index (χ4n) is 5.05. The molecule has 1 spiro atoms. The van der Waals surface area contributed by atoms with Crippen molar-refractivity contribution in [3.63, 3.8) is 0 Å². The Hall–Kier alpha value is -3.77. The normalized spacial score (nSPS) is 16.9. The van der Waals surface area contributed by atoms with Gasteiger partial charge >= 0.3 is 0 Å². The first kappa shape index (κ1) is 19.9. The zero-order valence-corrected chi connectivity index (χ0v) is 18.3. The number of rotatable bonds is 3. The van der Waals surface area contributed by atoms with E-state index in [1.807, 2.05) is 30.3 Å². The monoisotopic (exact) mass is 435 g/mol. The lowest BCUT2D eigenvalue weighted by Gasteiger charge is -2.40. The van der Waals surface area contributed by atoms with E-state index >= 15 is 0 Å². The van der Waals surface area contributed by atoms with Crippen molar-refractivity contribution in [2.45, 2.75) is 18.3 Å². The number of H-pyrrole nitrogens is 1. The predicted octanol–water partition coefficient (Wildman–Crippen LogP) is 4.17. The molecule has 6 nitrogen and oxygen atoms in total. The van der Waals surface area contributed by atoms with Crippen LogP contribution in [-0.4, -0.2) is 40.5 Å². The number of amides is 1. The van der Waals surface area contributed by atoms with Gasteiger partial charge in [-0.3, -0.25) is 4.79 Å². The summed E-state index contributed by atoms with van der Waals surface area (Å²) < 4.78 is 0. The summed E-state index contributed by atoms with van der Waals surface area (Å²) >= 11 is 0. The van der Waals surface area contributed by atoms with Gasteiger partial charge in [-0.05, 0) is 49.2 Å². The minimum absolute atomic E-state index is 0.0116. The van der Waals surface area contributed by atoms with Crippen molar-refractivity contribution < 1.29 is 4.79 Å². The molecule has 33 heavy (non-hydrogen) atoms. The fourth-order valence-corrected chi connectivity index (χ4v) is 5.05. The van der Waals surface area contributed by atoms with E-state index in [1.54, 1.807) is 6.20 Å². The number of fused-ring (bicyclic) bond motifs is 2. The second-order valence-electron chi connectivity index (χ2n) is 8.89. The lowest BCUT2D eigenvalue weighted by molar-refractivity contribution is 0.0913. The van der Waals surface area contributed by atoms with Crippen LogP contribution >= 0.6 is 0 Å². The number of hydrogen-bond acceptors (Lipinski definition) is 4. The van der Waals surface area contributed by atoms with Gasteiger partial charge in [-0.1, -0.05) is 54.6 Å². The van der Waals surface area contributed by atoms with E-state index in [1.165, 1.54) is 5.56 Å². The number of carbonyl (C=O) groups is 1. The Morgan fingerprint density at radius 1 is 0.848 bits per heavy atom. The van der Waals surface area contributed by atoms with Crippen molar-refractivity contribution in [3.8, 4) is 33.9 Å². The molecule has 6 heteroatoms. The van der Waals surface area contributed by atoms with E-state index in [4.69, 9.17) is 4.98 Å². The molecule has 1 saturated heterocycles. The van der Waals surface area contributed by atoms with Gasteiger partial charge in [0.15, 0.2) is 5.82 Å². The molecule has 0 atom stereocenters. The van der Waals surface area contributed by atoms with Crippen LogP contribution < -0.4 is 10.6 Å². The minimum Gasteiger partial charge on any atom is -0.356 e. The highest BCUT2D eigenvalue weighted by Gasteiger charge is 2.42. The van der Waals surface area contributed by atoms with Gasteiger partial charge in [0.2, 0.25) is 0 Å². The van der Waals surface area contributed by atoms with Crippen molar-refractivity contribution in [1.29, 1.82) is 0 Å². The second-order valence-corrected chi connectivity index (χ2v) is 8.89. The van der Waals surface area contributed by atoms with Crippen LogP contribution in [0.2, 0.25) is 0 Å². The Balaban J connectivity index is 1.34. The summed E-state index contributed by atoms with van der Waals surface area (Å²) in [5.41, 5.74) is 6.71. The van der Waals surface area contributed by atoms with Gasteiger partial charge in [-0.2, -0.15) is 0 Å². The van der Waals surface area contributed by atoms with E-state index < -0.39 is 0 Å². The largest absolute Gasteiger partial charge is 0.356 e. The van der Waals surface area contributed by atoms with Gasteiger partial charge in [0.05, 0.1) is 17.0 Å². The molecule has 164 valence electrons. The lowest BCUT2D eigenvalue weighted by atomic mass is 9.73. The number of aromatic amines is 1. The molecule has 2 aliphatic rings. The number of nitrogens with one attached hydrogen (secondary N) is 3. The molecule has 6 rings (SSSR count). The topological polar surface area (TPSA) is 82.7 Å². The third kappa shape index (κ3) is 3.52. The van der Waals surface area contributed by atoms with Crippen molar-refractivity contribution in [3.05, 3.63) is 84.2 Å². The molecule has 2 aliphatic heterocycles. The summed E-state index contributed by atoms with van der Waals surface area (Å²) in [6, 6.07) is 22.4. The van der Waals surface area contributed by atoms with Crippen LogP contribution in [0.15, 0.2) is 72.9 Å². The molecular weight excluding hydrogens is 410 g/mol. The molecule has 1 fully saturated rings. The van der Waals surface area contributed by atoms with E-state index in [9.17, 15) is 4.79 Å².